The van der Waals surface area contributed by atoms with Crippen LogP contribution < -0.4 is 5.32 Å². The molecule has 0 bridgehead atoms. The highest BCUT2D eigenvalue weighted by molar-refractivity contribution is 5.78. The summed E-state index contributed by atoms with van der Waals surface area (Å²) in [5, 5.41) is 3.26. The standard InChI is InChI=1S/C14H24N2O2/c1-4-16(5-2)14(17)11-15-12(3)8-9-13-7-6-10-18-13/h6-7,10,12,15H,4-5,8-9,11H2,1-3H3. The molecule has 0 aliphatic heterocycles. The van der Waals surface area contributed by atoms with Gasteiger partial charge in [0.1, 0.15) is 5.76 Å². The van der Waals surface area contributed by atoms with Gasteiger partial charge in [0, 0.05) is 25.6 Å². The lowest BCUT2D eigenvalue weighted by Crippen LogP contribution is -2.40. The van der Waals surface area contributed by atoms with E-state index in [1.165, 1.54) is 0 Å². The summed E-state index contributed by atoms with van der Waals surface area (Å²) in [7, 11) is 0. The van der Waals surface area contributed by atoms with E-state index in [4.69, 9.17) is 4.42 Å². The largest absolute Gasteiger partial charge is 0.469 e. The third kappa shape index (κ3) is 4.92. The van der Waals surface area contributed by atoms with Crippen molar-refractivity contribution >= 4 is 5.91 Å². The summed E-state index contributed by atoms with van der Waals surface area (Å²) in [6.07, 6.45) is 3.57. The van der Waals surface area contributed by atoms with Gasteiger partial charge in [0.15, 0.2) is 0 Å². The highest BCUT2D eigenvalue weighted by Gasteiger charge is 2.11. The molecule has 1 rings (SSSR count). The monoisotopic (exact) mass is 252 g/mol. The number of nitrogens with one attached hydrogen (secondary N) is 1. The first-order valence-electron chi connectivity index (χ1n) is 6.70. The van der Waals surface area contributed by atoms with E-state index in [9.17, 15) is 4.79 Å². The molecule has 1 N–H and O–H groups in total. The lowest BCUT2D eigenvalue weighted by molar-refractivity contribution is -0.129. The molecule has 1 unspecified atom stereocenters. The summed E-state index contributed by atoms with van der Waals surface area (Å²) in [6.45, 7) is 8.07. The molecule has 1 atom stereocenters. The average Bonchev–Trinajstić information content (AvgIpc) is 2.88. The van der Waals surface area contributed by atoms with Crippen molar-refractivity contribution in [1.82, 2.24) is 10.2 Å². The highest BCUT2D eigenvalue weighted by atomic mass is 16.3. The van der Waals surface area contributed by atoms with E-state index in [0.29, 0.717) is 12.6 Å². The molecule has 0 aliphatic carbocycles. The van der Waals surface area contributed by atoms with Gasteiger partial charge in [-0.15, -0.1) is 0 Å². The summed E-state index contributed by atoms with van der Waals surface area (Å²) in [6, 6.07) is 4.19. The van der Waals surface area contributed by atoms with Crippen molar-refractivity contribution in [3.05, 3.63) is 24.2 Å². The number of nitrogens with zero attached hydrogens (tertiary/aromatic N) is 1. The minimum atomic E-state index is 0.171. The van der Waals surface area contributed by atoms with E-state index in [0.717, 1.165) is 31.7 Å². The number of hydrogen-bond acceptors (Lipinski definition) is 3. The number of amides is 1. The number of aryl methyl sites for hydroxylation is 1. The molecule has 0 aromatic carbocycles. The number of furan rings is 1. The molecule has 1 heterocycles. The molecule has 0 spiro atoms. The number of likely N-dealkylation sites (N-methyl/N-ethyl adjacent to an activating group) is 1. The molecule has 0 saturated heterocycles. The molecule has 0 saturated carbocycles. The number of hydrogen-bond donors (Lipinski definition) is 1. The Kier molecular flexibility index (Phi) is 6.50. The van der Waals surface area contributed by atoms with Gasteiger partial charge in [0.2, 0.25) is 5.91 Å². The van der Waals surface area contributed by atoms with Crippen LogP contribution in [0.4, 0.5) is 0 Å². The Hall–Kier alpha value is -1.29. The van der Waals surface area contributed by atoms with Crippen LogP contribution in [0.1, 0.15) is 33.0 Å². The second kappa shape index (κ2) is 7.93. The van der Waals surface area contributed by atoms with Crippen molar-refractivity contribution in [3.63, 3.8) is 0 Å². The van der Waals surface area contributed by atoms with E-state index in [2.05, 4.69) is 12.2 Å². The average molecular weight is 252 g/mol. The Morgan fingerprint density at radius 2 is 2.17 bits per heavy atom. The maximum Gasteiger partial charge on any atom is 0.236 e. The number of carbonyl (C=O) groups excluding carboxylic acids is 1. The third-order valence-electron chi connectivity index (χ3n) is 3.12. The number of rotatable bonds is 8. The van der Waals surface area contributed by atoms with Crippen molar-refractivity contribution in [3.8, 4) is 0 Å². The first-order chi connectivity index (χ1) is 8.67. The zero-order valence-electron chi connectivity index (χ0n) is 11.6. The number of carbonyl (C=O) groups is 1. The van der Waals surface area contributed by atoms with Gasteiger partial charge in [-0.3, -0.25) is 4.79 Å². The van der Waals surface area contributed by atoms with Crippen LogP contribution >= 0.6 is 0 Å². The predicted octanol–water partition coefficient (Wildman–Crippen LogP) is 2.06. The molecule has 102 valence electrons. The second-order valence-corrected chi connectivity index (χ2v) is 4.47. The quantitative estimate of drug-likeness (QED) is 0.770. The Morgan fingerprint density at radius 1 is 1.44 bits per heavy atom. The molecule has 4 nitrogen and oxygen atoms in total. The van der Waals surface area contributed by atoms with Gasteiger partial charge in [-0.1, -0.05) is 0 Å². The fraction of sp³-hybridized carbons (Fsp3) is 0.643. The molecule has 1 aromatic heterocycles. The molecule has 0 aliphatic rings. The summed E-state index contributed by atoms with van der Waals surface area (Å²) in [4.78, 5) is 13.6. The second-order valence-electron chi connectivity index (χ2n) is 4.47. The van der Waals surface area contributed by atoms with Crippen LogP contribution in [0.2, 0.25) is 0 Å². The molecular formula is C14H24N2O2. The highest BCUT2D eigenvalue weighted by Crippen LogP contribution is 2.05. The fourth-order valence-corrected chi connectivity index (χ4v) is 1.87. The van der Waals surface area contributed by atoms with Crippen molar-refractivity contribution in [1.29, 1.82) is 0 Å². The Morgan fingerprint density at radius 3 is 2.72 bits per heavy atom. The van der Waals surface area contributed by atoms with Crippen LogP contribution in [0.15, 0.2) is 22.8 Å². The first kappa shape index (κ1) is 14.8. The molecule has 18 heavy (non-hydrogen) atoms. The molecular weight excluding hydrogens is 228 g/mol. The molecule has 4 heteroatoms. The van der Waals surface area contributed by atoms with E-state index < -0.39 is 0 Å². The van der Waals surface area contributed by atoms with Crippen LogP contribution in [0.25, 0.3) is 0 Å². The molecule has 1 aromatic rings. The van der Waals surface area contributed by atoms with Gasteiger partial charge in [-0.05, 0) is 39.3 Å². The topological polar surface area (TPSA) is 45.5 Å². The zero-order valence-corrected chi connectivity index (χ0v) is 11.6. The van der Waals surface area contributed by atoms with Gasteiger partial charge in [0.25, 0.3) is 0 Å². The maximum absolute atomic E-state index is 11.8. The SMILES string of the molecule is CCN(CC)C(=O)CNC(C)CCc1ccco1. The van der Waals surface area contributed by atoms with Gasteiger partial charge >= 0.3 is 0 Å². The maximum atomic E-state index is 11.8. The predicted molar refractivity (Wildman–Crippen MR) is 72.4 cm³/mol. The van der Waals surface area contributed by atoms with Crippen molar-refractivity contribution in [2.45, 2.75) is 39.7 Å². The van der Waals surface area contributed by atoms with Crippen LogP contribution in [0, 0.1) is 0 Å². The smallest absolute Gasteiger partial charge is 0.236 e. The lowest BCUT2D eigenvalue weighted by Gasteiger charge is -2.20. The van der Waals surface area contributed by atoms with E-state index in [1.807, 2.05) is 30.9 Å². The summed E-state index contributed by atoms with van der Waals surface area (Å²) in [5.41, 5.74) is 0. The van der Waals surface area contributed by atoms with E-state index in [1.54, 1.807) is 6.26 Å². The summed E-state index contributed by atoms with van der Waals surface area (Å²) >= 11 is 0. The van der Waals surface area contributed by atoms with E-state index >= 15 is 0 Å². The fourth-order valence-electron chi connectivity index (χ4n) is 1.87. The zero-order chi connectivity index (χ0) is 13.4. The van der Waals surface area contributed by atoms with Crippen LogP contribution in [0.3, 0.4) is 0 Å². The Balaban J connectivity index is 2.20. The van der Waals surface area contributed by atoms with Gasteiger partial charge in [-0.25, -0.2) is 0 Å². The minimum absolute atomic E-state index is 0.171. The van der Waals surface area contributed by atoms with Crippen molar-refractivity contribution in [2.24, 2.45) is 0 Å². The van der Waals surface area contributed by atoms with Crippen molar-refractivity contribution in [2.75, 3.05) is 19.6 Å². The third-order valence-corrected chi connectivity index (χ3v) is 3.12. The van der Waals surface area contributed by atoms with Crippen LogP contribution in [-0.2, 0) is 11.2 Å². The molecule has 0 fully saturated rings. The van der Waals surface area contributed by atoms with Gasteiger partial charge in [0.05, 0.1) is 12.8 Å². The van der Waals surface area contributed by atoms with Crippen LogP contribution in [-0.4, -0.2) is 36.5 Å². The molecule has 1 amide bonds. The van der Waals surface area contributed by atoms with Crippen LogP contribution in [0.5, 0.6) is 0 Å². The summed E-state index contributed by atoms with van der Waals surface area (Å²) in [5.74, 6) is 1.17. The molecule has 0 radical (unpaired) electrons. The van der Waals surface area contributed by atoms with Crippen molar-refractivity contribution < 1.29 is 9.21 Å². The normalized spacial score (nSPS) is 12.4. The van der Waals surface area contributed by atoms with Gasteiger partial charge in [-0.2, -0.15) is 0 Å². The lowest BCUT2D eigenvalue weighted by atomic mass is 10.1. The Bertz CT molecular complexity index is 332. The van der Waals surface area contributed by atoms with Gasteiger partial charge < -0.3 is 14.6 Å². The minimum Gasteiger partial charge on any atom is -0.469 e. The first-order valence-corrected chi connectivity index (χ1v) is 6.70. The summed E-state index contributed by atoms with van der Waals surface area (Å²) < 4.78 is 5.28. The van der Waals surface area contributed by atoms with E-state index in [-0.39, 0.29) is 5.91 Å². The Labute approximate surface area is 109 Å².